The van der Waals surface area contributed by atoms with Crippen molar-refractivity contribution in [3.05, 3.63) is 23.8 Å². The molecule has 0 saturated carbocycles. The van der Waals surface area contributed by atoms with Crippen LogP contribution >= 0.6 is 0 Å². The van der Waals surface area contributed by atoms with Crippen LogP contribution in [0.4, 0.5) is 0 Å². The molecule has 0 spiro atoms. The maximum atomic E-state index is 5.77. The summed E-state index contributed by atoms with van der Waals surface area (Å²) in [6.07, 6.45) is 3.42. The molecule has 0 amide bonds. The highest BCUT2D eigenvalue weighted by atomic mass is 16.5. The first-order valence-electron chi connectivity index (χ1n) is 9.26. The summed E-state index contributed by atoms with van der Waals surface area (Å²) < 4.78 is 17.2. The highest BCUT2D eigenvalue weighted by Gasteiger charge is 2.21. The van der Waals surface area contributed by atoms with Gasteiger partial charge in [0.05, 0.1) is 19.3 Å². The molecular weight excluding hydrogens is 318 g/mol. The van der Waals surface area contributed by atoms with Crippen LogP contribution in [0, 0.1) is 0 Å². The quantitative estimate of drug-likeness (QED) is 0.670. The number of fused-ring (bicyclic) bond motifs is 1. The number of hydrogen-bond donors (Lipinski definition) is 1. The third kappa shape index (κ3) is 4.78. The Labute approximate surface area is 150 Å². The Bertz CT molecular complexity index is 583. The molecule has 3 rings (SSSR count). The van der Waals surface area contributed by atoms with E-state index < -0.39 is 0 Å². The first-order valence-corrected chi connectivity index (χ1v) is 9.26. The molecule has 0 atom stereocenters. The van der Waals surface area contributed by atoms with Gasteiger partial charge >= 0.3 is 0 Å². The molecule has 1 aromatic rings. The highest BCUT2D eigenvalue weighted by Crippen LogP contribution is 2.30. The van der Waals surface area contributed by atoms with Crippen LogP contribution in [0.1, 0.15) is 31.7 Å². The van der Waals surface area contributed by atoms with Gasteiger partial charge in [-0.15, -0.1) is 0 Å². The van der Waals surface area contributed by atoms with E-state index in [2.05, 4.69) is 34.3 Å². The maximum Gasteiger partial charge on any atom is 0.193 e. The molecule has 0 aliphatic carbocycles. The van der Waals surface area contributed by atoms with E-state index in [1.807, 2.05) is 13.1 Å². The fourth-order valence-corrected chi connectivity index (χ4v) is 3.30. The van der Waals surface area contributed by atoms with Crippen molar-refractivity contribution in [1.82, 2.24) is 10.2 Å². The predicted molar refractivity (Wildman–Crippen MR) is 98.5 cm³/mol. The number of aliphatic imine (C=N–C) groups is 1. The van der Waals surface area contributed by atoms with Gasteiger partial charge in [0.15, 0.2) is 17.5 Å². The Kier molecular flexibility index (Phi) is 6.39. The monoisotopic (exact) mass is 347 g/mol. The summed E-state index contributed by atoms with van der Waals surface area (Å²) in [4.78, 5) is 6.74. The van der Waals surface area contributed by atoms with Gasteiger partial charge in [-0.05, 0) is 37.5 Å². The molecule has 0 unspecified atom stereocenters. The zero-order valence-electron chi connectivity index (χ0n) is 15.3. The van der Waals surface area contributed by atoms with Gasteiger partial charge in [-0.3, -0.25) is 4.99 Å². The van der Waals surface area contributed by atoms with Gasteiger partial charge < -0.3 is 24.4 Å². The predicted octanol–water partition coefficient (Wildman–Crippen LogP) is 2.42. The fourth-order valence-electron chi connectivity index (χ4n) is 3.30. The van der Waals surface area contributed by atoms with Gasteiger partial charge in [0.25, 0.3) is 0 Å². The molecular formula is C19H29N3O3. The lowest BCUT2D eigenvalue weighted by Crippen LogP contribution is -2.46. The normalized spacial score (nSPS) is 18.8. The van der Waals surface area contributed by atoms with Gasteiger partial charge in [0.1, 0.15) is 0 Å². The number of likely N-dealkylation sites (tertiary alicyclic amines) is 1. The summed E-state index contributed by atoms with van der Waals surface area (Å²) in [6.45, 7) is 6.95. The summed E-state index contributed by atoms with van der Waals surface area (Å²) in [5.41, 5.74) is 1.16. The lowest BCUT2D eigenvalue weighted by molar-refractivity contribution is 0.0263. The van der Waals surface area contributed by atoms with Crippen molar-refractivity contribution in [2.75, 3.05) is 40.0 Å². The van der Waals surface area contributed by atoms with Crippen molar-refractivity contribution in [2.24, 2.45) is 4.99 Å². The summed E-state index contributed by atoms with van der Waals surface area (Å²) >= 11 is 0. The molecule has 6 heteroatoms. The molecule has 138 valence electrons. The van der Waals surface area contributed by atoms with Crippen molar-refractivity contribution in [3.63, 3.8) is 0 Å². The van der Waals surface area contributed by atoms with Crippen LogP contribution in [-0.4, -0.2) is 56.9 Å². The van der Waals surface area contributed by atoms with Gasteiger partial charge in [0.2, 0.25) is 0 Å². The van der Waals surface area contributed by atoms with Gasteiger partial charge in [-0.25, -0.2) is 0 Å². The van der Waals surface area contributed by atoms with Gasteiger partial charge in [-0.2, -0.15) is 0 Å². The molecule has 0 aromatic heterocycles. The Morgan fingerprint density at radius 2 is 2.00 bits per heavy atom. The second kappa shape index (κ2) is 8.94. The molecule has 6 nitrogen and oxygen atoms in total. The lowest BCUT2D eigenvalue weighted by Gasteiger charge is -2.34. The van der Waals surface area contributed by atoms with Crippen molar-refractivity contribution in [2.45, 2.75) is 38.8 Å². The number of rotatable bonds is 4. The highest BCUT2D eigenvalue weighted by molar-refractivity contribution is 5.80. The van der Waals surface area contributed by atoms with Gasteiger partial charge in [-0.1, -0.05) is 6.07 Å². The van der Waals surface area contributed by atoms with E-state index in [0.29, 0.717) is 19.3 Å². The molecule has 0 bridgehead atoms. The number of ether oxygens (including phenoxy) is 3. The molecule has 1 fully saturated rings. The molecule has 1 saturated heterocycles. The van der Waals surface area contributed by atoms with Crippen LogP contribution in [-0.2, 0) is 11.3 Å². The number of benzene rings is 1. The van der Waals surface area contributed by atoms with E-state index >= 15 is 0 Å². The molecule has 1 aromatic carbocycles. The van der Waals surface area contributed by atoms with Crippen molar-refractivity contribution < 1.29 is 14.2 Å². The van der Waals surface area contributed by atoms with Crippen LogP contribution < -0.4 is 14.8 Å². The first kappa shape index (κ1) is 17.9. The standard InChI is InChI=1S/C19H29N3O3/c1-3-23-16-7-9-22(10-8-16)19(20-2)21-14-15-5-6-17-18(13-15)25-12-4-11-24-17/h5-6,13,16H,3-4,7-12,14H2,1-2H3,(H,20,21). The molecule has 2 heterocycles. The number of nitrogens with zero attached hydrogens (tertiary/aromatic N) is 2. The zero-order chi connectivity index (χ0) is 17.5. The Balaban J connectivity index is 1.54. The van der Waals surface area contributed by atoms with Crippen LogP contribution in [0.25, 0.3) is 0 Å². The van der Waals surface area contributed by atoms with Gasteiger partial charge in [0, 0.05) is 39.7 Å². The number of nitrogens with one attached hydrogen (secondary N) is 1. The van der Waals surface area contributed by atoms with E-state index in [-0.39, 0.29) is 0 Å². The second-order valence-electron chi connectivity index (χ2n) is 6.37. The van der Waals surface area contributed by atoms with Crippen molar-refractivity contribution in [1.29, 1.82) is 0 Å². The van der Waals surface area contributed by atoms with Crippen molar-refractivity contribution >= 4 is 5.96 Å². The largest absolute Gasteiger partial charge is 0.490 e. The fraction of sp³-hybridized carbons (Fsp3) is 0.632. The van der Waals surface area contributed by atoms with Crippen LogP contribution in [0.15, 0.2) is 23.2 Å². The topological polar surface area (TPSA) is 55.3 Å². The Morgan fingerprint density at radius 3 is 2.72 bits per heavy atom. The Hall–Kier alpha value is -1.95. The van der Waals surface area contributed by atoms with E-state index in [4.69, 9.17) is 14.2 Å². The summed E-state index contributed by atoms with van der Waals surface area (Å²) in [6, 6.07) is 6.13. The average Bonchev–Trinajstić information content (AvgIpc) is 2.88. The van der Waals surface area contributed by atoms with Crippen LogP contribution in [0.3, 0.4) is 0 Å². The maximum absolute atomic E-state index is 5.77. The third-order valence-corrected chi connectivity index (χ3v) is 4.62. The molecule has 0 radical (unpaired) electrons. The first-order chi connectivity index (χ1) is 12.3. The molecule has 25 heavy (non-hydrogen) atoms. The minimum absolute atomic E-state index is 0.390. The summed E-state index contributed by atoms with van der Waals surface area (Å²) in [7, 11) is 1.84. The lowest BCUT2D eigenvalue weighted by atomic mass is 10.1. The number of piperidine rings is 1. The summed E-state index contributed by atoms with van der Waals surface area (Å²) in [5.74, 6) is 2.62. The van der Waals surface area contributed by atoms with Crippen molar-refractivity contribution in [3.8, 4) is 11.5 Å². The van der Waals surface area contributed by atoms with E-state index in [9.17, 15) is 0 Å². The summed E-state index contributed by atoms with van der Waals surface area (Å²) in [5, 5.41) is 3.46. The van der Waals surface area contributed by atoms with E-state index in [1.54, 1.807) is 0 Å². The number of guanidine groups is 1. The second-order valence-corrected chi connectivity index (χ2v) is 6.37. The molecule has 2 aliphatic heterocycles. The minimum Gasteiger partial charge on any atom is -0.490 e. The average molecular weight is 347 g/mol. The third-order valence-electron chi connectivity index (χ3n) is 4.62. The van der Waals surface area contributed by atoms with E-state index in [1.165, 1.54) is 0 Å². The zero-order valence-corrected chi connectivity index (χ0v) is 15.3. The van der Waals surface area contributed by atoms with Crippen LogP contribution in [0.5, 0.6) is 11.5 Å². The Morgan fingerprint density at radius 1 is 1.24 bits per heavy atom. The minimum atomic E-state index is 0.390. The number of hydrogen-bond acceptors (Lipinski definition) is 4. The SMILES string of the molecule is CCOC1CCN(C(=NC)NCc2ccc3c(c2)OCCCO3)CC1. The van der Waals surface area contributed by atoms with Crippen LogP contribution in [0.2, 0.25) is 0 Å². The smallest absolute Gasteiger partial charge is 0.193 e. The molecule has 2 aliphatic rings. The molecule has 1 N–H and O–H groups in total. The van der Waals surface area contributed by atoms with E-state index in [0.717, 1.165) is 68.6 Å².